The minimum Gasteiger partial charge on any atom is -0.382 e. The summed E-state index contributed by atoms with van der Waals surface area (Å²) in [6.07, 6.45) is 9.47. The third kappa shape index (κ3) is 3.60. The van der Waals surface area contributed by atoms with Crippen LogP contribution in [0.25, 0.3) is 0 Å². The maximum Gasteiger partial charge on any atom is 0.0951 e. The fourth-order valence-corrected chi connectivity index (χ4v) is 4.23. The summed E-state index contributed by atoms with van der Waals surface area (Å²) in [4.78, 5) is 4.85. The third-order valence-electron chi connectivity index (χ3n) is 4.78. The predicted octanol–water partition coefficient (Wildman–Crippen LogP) is 3.79. The number of aromatic nitrogens is 1. The van der Waals surface area contributed by atoms with Gasteiger partial charge in [-0.3, -0.25) is 0 Å². The standard InChI is InChI=1S/C16H25NO2S/c1-18-9-10-19-8-4-15-17-14(12-20-15)13-3-2-5-16(11-13)6-7-16/h12-13H,2-11H2,1H3. The van der Waals surface area contributed by atoms with E-state index in [0.29, 0.717) is 13.2 Å². The van der Waals surface area contributed by atoms with Gasteiger partial charge in [-0.2, -0.15) is 0 Å². The Morgan fingerprint density at radius 1 is 1.30 bits per heavy atom. The van der Waals surface area contributed by atoms with Crippen LogP contribution in [0, 0.1) is 5.41 Å². The van der Waals surface area contributed by atoms with Crippen molar-refractivity contribution < 1.29 is 9.47 Å². The molecule has 20 heavy (non-hydrogen) atoms. The molecule has 4 heteroatoms. The Bertz CT molecular complexity index is 428. The molecule has 3 nitrogen and oxygen atoms in total. The molecule has 1 aromatic rings. The van der Waals surface area contributed by atoms with Gasteiger partial charge in [0.1, 0.15) is 0 Å². The molecule has 0 N–H and O–H groups in total. The predicted molar refractivity (Wildman–Crippen MR) is 81.4 cm³/mol. The normalized spacial score (nSPS) is 24.1. The van der Waals surface area contributed by atoms with Crippen LogP contribution >= 0.6 is 11.3 Å². The minimum absolute atomic E-state index is 0.674. The fourth-order valence-electron chi connectivity index (χ4n) is 3.36. The highest BCUT2D eigenvalue weighted by atomic mass is 32.1. The Hall–Kier alpha value is -0.450. The van der Waals surface area contributed by atoms with E-state index in [4.69, 9.17) is 14.5 Å². The molecular weight excluding hydrogens is 270 g/mol. The van der Waals surface area contributed by atoms with Crippen LogP contribution in [0.5, 0.6) is 0 Å². The molecule has 2 aliphatic rings. The van der Waals surface area contributed by atoms with E-state index in [9.17, 15) is 0 Å². The molecule has 112 valence electrons. The van der Waals surface area contributed by atoms with Crippen molar-refractivity contribution in [1.29, 1.82) is 0 Å². The lowest BCUT2D eigenvalue weighted by atomic mass is 9.78. The van der Waals surface area contributed by atoms with E-state index in [1.807, 2.05) is 0 Å². The van der Waals surface area contributed by atoms with Gasteiger partial charge in [0, 0.05) is 24.8 Å². The molecule has 1 atom stereocenters. The summed E-state index contributed by atoms with van der Waals surface area (Å²) in [5, 5.41) is 3.52. The molecule has 1 aromatic heterocycles. The molecule has 0 saturated heterocycles. The molecule has 0 radical (unpaired) electrons. The van der Waals surface area contributed by atoms with E-state index < -0.39 is 0 Å². The van der Waals surface area contributed by atoms with Crippen molar-refractivity contribution >= 4 is 11.3 Å². The number of rotatable bonds is 7. The Labute approximate surface area is 125 Å². The number of hydrogen-bond donors (Lipinski definition) is 0. The van der Waals surface area contributed by atoms with Crippen molar-refractivity contribution in [2.45, 2.75) is 50.9 Å². The number of ether oxygens (including phenoxy) is 2. The van der Waals surface area contributed by atoms with Gasteiger partial charge in [-0.05, 0) is 37.5 Å². The smallest absolute Gasteiger partial charge is 0.0951 e. The molecular formula is C16H25NO2S. The fraction of sp³-hybridized carbons (Fsp3) is 0.812. The first kappa shape index (κ1) is 14.5. The van der Waals surface area contributed by atoms with Crippen LogP contribution in [0.15, 0.2) is 5.38 Å². The first-order valence-corrected chi connectivity index (χ1v) is 8.70. The van der Waals surface area contributed by atoms with Crippen molar-refractivity contribution in [3.05, 3.63) is 16.1 Å². The van der Waals surface area contributed by atoms with Crippen molar-refractivity contribution in [1.82, 2.24) is 4.98 Å². The van der Waals surface area contributed by atoms with Crippen molar-refractivity contribution in [3.63, 3.8) is 0 Å². The Morgan fingerprint density at radius 3 is 3.00 bits per heavy atom. The Balaban J connectivity index is 1.46. The largest absolute Gasteiger partial charge is 0.382 e. The summed E-state index contributed by atoms with van der Waals surface area (Å²) >= 11 is 1.81. The number of hydrogen-bond acceptors (Lipinski definition) is 4. The lowest BCUT2D eigenvalue weighted by molar-refractivity contribution is 0.0722. The summed E-state index contributed by atoms with van der Waals surface area (Å²) in [6.45, 7) is 2.11. The highest BCUT2D eigenvalue weighted by Crippen LogP contribution is 2.59. The molecule has 0 aliphatic heterocycles. The summed E-state index contributed by atoms with van der Waals surface area (Å²) in [5.74, 6) is 0.727. The zero-order chi connectivity index (χ0) is 13.8. The summed E-state index contributed by atoms with van der Waals surface area (Å²) < 4.78 is 10.5. The molecule has 1 spiro atoms. The quantitative estimate of drug-likeness (QED) is 0.717. The Kier molecular flexibility index (Phi) is 4.74. The van der Waals surface area contributed by atoms with Gasteiger partial charge in [0.15, 0.2) is 0 Å². The minimum atomic E-state index is 0.674. The van der Waals surface area contributed by atoms with Gasteiger partial charge in [-0.1, -0.05) is 6.42 Å². The second kappa shape index (κ2) is 6.54. The van der Waals surface area contributed by atoms with Crippen LogP contribution < -0.4 is 0 Å². The van der Waals surface area contributed by atoms with E-state index in [2.05, 4.69) is 5.38 Å². The van der Waals surface area contributed by atoms with Gasteiger partial charge < -0.3 is 9.47 Å². The van der Waals surface area contributed by atoms with E-state index in [0.717, 1.165) is 24.4 Å². The number of nitrogens with zero attached hydrogens (tertiary/aromatic N) is 1. The summed E-state index contributed by atoms with van der Waals surface area (Å²) in [6, 6.07) is 0. The van der Waals surface area contributed by atoms with Crippen LogP contribution in [-0.2, 0) is 15.9 Å². The lowest BCUT2D eigenvalue weighted by Gasteiger charge is -2.27. The van der Waals surface area contributed by atoms with E-state index in [1.165, 1.54) is 49.2 Å². The van der Waals surface area contributed by atoms with E-state index in [-0.39, 0.29) is 0 Å². The number of methoxy groups -OCH3 is 1. The molecule has 3 rings (SSSR count). The van der Waals surface area contributed by atoms with Gasteiger partial charge in [-0.15, -0.1) is 11.3 Å². The highest BCUT2D eigenvalue weighted by molar-refractivity contribution is 7.09. The van der Waals surface area contributed by atoms with Crippen molar-refractivity contribution in [2.24, 2.45) is 5.41 Å². The van der Waals surface area contributed by atoms with Gasteiger partial charge in [0.05, 0.1) is 30.5 Å². The monoisotopic (exact) mass is 295 g/mol. The van der Waals surface area contributed by atoms with Gasteiger partial charge in [-0.25, -0.2) is 4.98 Å². The highest BCUT2D eigenvalue weighted by Gasteiger charge is 2.46. The molecule has 1 heterocycles. The van der Waals surface area contributed by atoms with Crippen LogP contribution in [0.3, 0.4) is 0 Å². The molecule has 0 bridgehead atoms. The molecule has 2 fully saturated rings. The van der Waals surface area contributed by atoms with E-state index in [1.54, 1.807) is 18.4 Å². The SMILES string of the molecule is COCCOCCc1nc(C2CCCC3(CC3)C2)cs1. The maximum atomic E-state index is 5.52. The molecule has 2 aliphatic carbocycles. The van der Waals surface area contributed by atoms with E-state index >= 15 is 0 Å². The van der Waals surface area contributed by atoms with Crippen molar-refractivity contribution in [2.75, 3.05) is 26.9 Å². The maximum absolute atomic E-state index is 5.52. The average molecular weight is 295 g/mol. The van der Waals surface area contributed by atoms with Crippen molar-refractivity contribution in [3.8, 4) is 0 Å². The average Bonchev–Trinajstić information content (AvgIpc) is 3.04. The molecule has 0 aromatic carbocycles. The zero-order valence-electron chi connectivity index (χ0n) is 12.4. The second-order valence-electron chi connectivity index (χ2n) is 6.31. The summed E-state index contributed by atoms with van der Waals surface area (Å²) in [5.41, 5.74) is 2.09. The van der Waals surface area contributed by atoms with Crippen LogP contribution in [0.1, 0.15) is 55.1 Å². The van der Waals surface area contributed by atoms with Gasteiger partial charge in [0.2, 0.25) is 0 Å². The van der Waals surface area contributed by atoms with Gasteiger partial charge >= 0.3 is 0 Å². The first-order valence-electron chi connectivity index (χ1n) is 7.82. The first-order chi connectivity index (χ1) is 9.81. The molecule has 1 unspecified atom stereocenters. The van der Waals surface area contributed by atoms with Crippen LogP contribution in [0.4, 0.5) is 0 Å². The van der Waals surface area contributed by atoms with Gasteiger partial charge in [0.25, 0.3) is 0 Å². The summed E-state index contributed by atoms with van der Waals surface area (Å²) in [7, 11) is 1.70. The molecule has 2 saturated carbocycles. The second-order valence-corrected chi connectivity index (χ2v) is 7.26. The zero-order valence-corrected chi connectivity index (χ0v) is 13.2. The molecule has 0 amide bonds. The Morgan fingerprint density at radius 2 is 2.20 bits per heavy atom. The van der Waals surface area contributed by atoms with Crippen LogP contribution in [0.2, 0.25) is 0 Å². The topological polar surface area (TPSA) is 31.4 Å². The number of thiazole rings is 1. The third-order valence-corrected chi connectivity index (χ3v) is 5.70. The van der Waals surface area contributed by atoms with Crippen LogP contribution in [-0.4, -0.2) is 31.9 Å². The lowest BCUT2D eigenvalue weighted by Crippen LogP contribution is -2.15.